The van der Waals surface area contributed by atoms with Crippen LogP contribution in [0.3, 0.4) is 0 Å². The number of halogens is 1. The molecule has 0 bridgehead atoms. The predicted octanol–water partition coefficient (Wildman–Crippen LogP) is 3.56. The van der Waals surface area contributed by atoms with Crippen LogP contribution in [0.15, 0.2) is 36.5 Å². The van der Waals surface area contributed by atoms with Crippen molar-refractivity contribution in [1.29, 1.82) is 5.26 Å². The number of aromatic nitrogens is 1. The number of hydrogen-bond acceptors (Lipinski definition) is 4. The van der Waals surface area contributed by atoms with Crippen molar-refractivity contribution in [3.05, 3.63) is 53.6 Å². The van der Waals surface area contributed by atoms with Gasteiger partial charge < -0.3 is 10.1 Å². The Morgan fingerprint density at radius 2 is 2.19 bits per heavy atom. The summed E-state index contributed by atoms with van der Waals surface area (Å²) in [5.41, 5.74) is 0.784. The molecule has 0 saturated heterocycles. The molecule has 1 unspecified atom stereocenters. The average molecular weight is 285 g/mol. The topological polar surface area (TPSA) is 57.9 Å². The summed E-state index contributed by atoms with van der Waals surface area (Å²) in [6, 6.07) is 9.82. The zero-order chi connectivity index (χ0) is 15.2. The summed E-state index contributed by atoms with van der Waals surface area (Å²) in [6.07, 6.45) is 1.56. The Balaban J connectivity index is 2.18. The lowest BCUT2D eigenvalue weighted by molar-refractivity contribution is 0.470. The zero-order valence-electron chi connectivity index (χ0n) is 11.9. The van der Waals surface area contributed by atoms with E-state index in [-0.39, 0.29) is 17.4 Å². The first-order chi connectivity index (χ1) is 10.2. The van der Waals surface area contributed by atoms with E-state index in [9.17, 15) is 4.39 Å². The Morgan fingerprint density at radius 3 is 2.81 bits per heavy atom. The maximum Gasteiger partial charge on any atom is 0.148 e. The summed E-state index contributed by atoms with van der Waals surface area (Å²) >= 11 is 0. The van der Waals surface area contributed by atoms with Gasteiger partial charge in [-0.3, -0.25) is 4.98 Å². The number of nitrogens with one attached hydrogen (secondary N) is 1. The summed E-state index contributed by atoms with van der Waals surface area (Å²) in [4.78, 5) is 4.31. The highest BCUT2D eigenvalue weighted by Gasteiger charge is 2.11. The molecule has 5 heteroatoms. The van der Waals surface area contributed by atoms with Crippen molar-refractivity contribution in [2.75, 3.05) is 6.54 Å². The second-order valence-electron chi connectivity index (χ2n) is 4.52. The van der Waals surface area contributed by atoms with Crippen molar-refractivity contribution in [2.45, 2.75) is 19.9 Å². The third-order valence-corrected chi connectivity index (χ3v) is 3.03. The molecule has 1 N–H and O–H groups in total. The van der Waals surface area contributed by atoms with Gasteiger partial charge in [-0.25, -0.2) is 4.39 Å². The molecular formula is C16H16FN3O. The molecule has 0 spiro atoms. The zero-order valence-corrected chi connectivity index (χ0v) is 11.9. The lowest BCUT2D eigenvalue weighted by Crippen LogP contribution is -2.18. The van der Waals surface area contributed by atoms with Crippen LogP contribution in [0.5, 0.6) is 11.5 Å². The van der Waals surface area contributed by atoms with Crippen LogP contribution in [0, 0.1) is 17.1 Å². The molecule has 0 aliphatic carbocycles. The number of nitrogens with zero attached hydrogens (tertiary/aromatic N) is 2. The van der Waals surface area contributed by atoms with Crippen LogP contribution < -0.4 is 10.1 Å². The van der Waals surface area contributed by atoms with Crippen LogP contribution in [0.4, 0.5) is 4.39 Å². The van der Waals surface area contributed by atoms with E-state index >= 15 is 0 Å². The fraction of sp³-hybridized carbons (Fsp3) is 0.250. The first-order valence-electron chi connectivity index (χ1n) is 6.71. The van der Waals surface area contributed by atoms with Crippen LogP contribution in [0.1, 0.15) is 31.1 Å². The largest absolute Gasteiger partial charge is 0.454 e. The minimum atomic E-state index is -0.597. The van der Waals surface area contributed by atoms with Gasteiger partial charge in [0.25, 0.3) is 0 Å². The van der Waals surface area contributed by atoms with E-state index in [0.717, 1.165) is 12.2 Å². The van der Waals surface area contributed by atoms with Gasteiger partial charge in [0.15, 0.2) is 0 Å². The van der Waals surface area contributed by atoms with Gasteiger partial charge in [0, 0.05) is 6.04 Å². The monoisotopic (exact) mass is 285 g/mol. The number of pyridine rings is 1. The number of nitriles is 1. The highest BCUT2D eigenvalue weighted by molar-refractivity contribution is 5.45. The van der Waals surface area contributed by atoms with Gasteiger partial charge in [-0.1, -0.05) is 13.0 Å². The Bertz CT molecular complexity index is 650. The molecule has 4 nitrogen and oxygen atoms in total. The summed E-state index contributed by atoms with van der Waals surface area (Å²) in [7, 11) is 0. The second kappa shape index (κ2) is 6.82. The Labute approximate surface area is 123 Å². The molecule has 0 aliphatic rings. The Kier molecular flexibility index (Phi) is 4.85. The van der Waals surface area contributed by atoms with E-state index < -0.39 is 5.82 Å². The van der Waals surface area contributed by atoms with Crippen molar-refractivity contribution >= 4 is 0 Å². The first-order valence-corrected chi connectivity index (χ1v) is 6.71. The molecule has 1 aromatic heterocycles. The maximum absolute atomic E-state index is 13.5. The van der Waals surface area contributed by atoms with Gasteiger partial charge in [-0.15, -0.1) is 0 Å². The van der Waals surface area contributed by atoms with E-state index in [1.165, 1.54) is 12.1 Å². The second-order valence-corrected chi connectivity index (χ2v) is 4.52. The molecule has 1 heterocycles. The van der Waals surface area contributed by atoms with Gasteiger partial charge in [0.1, 0.15) is 28.9 Å². The molecule has 0 saturated carbocycles. The molecule has 1 aromatic carbocycles. The summed E-state index contributed by atoms with van der Waals surface area (Å²) < 4.78 is 19.0. The van der Waals surface area contributed by atoms with Gasteiger partial charge in [0.2, 0.25) is 0 Å². The van der Waals surface area contributed by atoms with E-state index in [1.807, 2.05) is 19.9 Å². The van der Waals surface area contributed by atoms with Crippen molar-refractivity contribution in [3.63, 3.8) is 0 Å². The average Bonchev–Trinajstić information content (AvgIpc) is 2.48. The third-order valence-electron chi connectivity index (χ3n) is 3.03. The maximum atomic E-state index is 13.5. The van der Waals surface area contributed by atoms with Crippen LogP contribution in [-0.4, -0.2) is 11.5 Å². The molecule has 108 valence electrons. The standard InChI is InChI=1S/C16H16FN3O/c1-3-19-11(2)15-8-7-12(10-20-15)21-16-6-4-5-14(17)13(16)9-18/h4-8,10-11,19H,3H2,1-2H3. The van der Waals surface area contributed by atoms with Crippen molar-refractivity contribution < 1.29 is 9.13 Å². The van der Waals surface area contributed by atoms with Crippen molar-refractivity contribution in [3.8, 4) is 17.6 Å². The normalized spacial score (nSPS) is 11.7. The quantitative estimate of drug-likeness (QED) is 0.912. The third kappa shape index (κ3) is 3.56. The highest BCUT2D eigenvalue weighted by atomic mass is 19.1. The minimum absolute atomic E-state index is 0.109. The molecule has 0 fully saturated rings. The van der Waals surface area contributed by atoms with Gasteiger partial charge in [0.05, 0.1) is 11.9 Å². The molecule has 0 radical (unpaired) electrons. The fourth-order valence-electron chi connectivity index (χ4n) is 1.94. The SMILES string of the molecule is CCNC(C)c1ccc(Oc2cccc(F)c2C#N)cn1. The Morgan fingerprint density at radius 1 is 1.38 bits per heavy atom. The van der Waals surface area contributed by atoms with Crippen molar-refractivity contribution in [2.24, 2.45) is 0 Å². The van der Waals surface area contributed by atoms with Crippen molar-refractivity contribution in [1.82, 2.24) is 10.3 Å². The summed E-state index contributed by atoms with van der Waals surface area (Å²) in [6.45, 7) is 4.91. The van der Waals surface area contributed by atoms with E-state index in [2.05, 4.69) is 10.3 Å². The lowest BCUT2D eigenvalue weighted by Gasteiger charge is -2.12. The molecule has 21 heavy (non-hydrogen) atoms. The van der Waals surface area contributed by atoms with Crippen LogP contribution in [-0.2, 0) is 0 Å². The van der Waals surface area contributed by atoms with Gasteiger partial charge >= 0.3 is 0 Å². The number of ether oxygens (including phenoxy) is 1. The molecule has 0 amide bonds. The number of hydrogen-bond donors (Lipinski definition) is 1. The Hall–Kier alpha value is -2.45. The molecule has 0 aliphatic heterocycles. The van der Waals surface area contributed by atoms with Gasteiger partial charge in [-0.05, 0) is 37.7 Å². The minimum Gasteiger partial charge on any atom is -0.454 e. The first kappa shape index (κ1) is 14.9. The molecule has 2 rings (SSSR count). The molecule has 2 aromatic rings. The lowest BCUT2D eigenvalue weighted by atomic mass is 10.2. The highest BCUT2D eigenvalue weighted by Crippen LogP contribution is 2.26. The summed E-state index contributed by atoms with van der Waals surface area (Å²) in [5.74, 6) is 0.0525. The van der Waals surface area contributed by atoms with Crippen LogP contribution in [0.25, 0.3) is 0 Å². The van der Waals surface area contributed by atoms with Crippen LogP contribution >= 0.6 is 0 Å². The van der Waals surface area contributed by atoms with Gasteiger partial charge in [-0.2, -0.15) is 5.26 Å². The number of rotatable bonds is 5. The molecule has 1 atom stereocenters. The van der Waals surface area contributed by atoms with E-state index in [1.54, 1.807) is 24.4 Å². The van der Waals surface area contributed by atoms with E-state index in [0.29, 0.717) is 5.75 Å². The smallest absolute Gasteiger partial charge is 0.148 e. The number of benzene rings is 1. The predicted molar refractivity (Wildman–Crippen MR) is 77.5 cm³/mol. The fourth-order valence-corrected chi connectivity index (χ4v) is 1.94. The van der Waals surface area contributed by atoms with Crippen LogP contribution in [0.2, 0.25) is 0 Å². The summed E-state index contributed by atoms with van der Waals surface area (Å²) in [5, 5.41) is 12.2. The molecular weight excluding hydrogens is 269 g/mol. The van der Waals surface area contributed by atoms with E-state index in [4.69, 9.17) is 10.00 Å².